The molecule has 160 valence electrons. The van der Waals surface area contributed by atoms with E-state index in [1.54, 1.807) is 0 Å². The van der Waals surface area contributed by atoms with E-state index in [9.17, 15) is 9.59 Å². The van der Waals surface area contributed by atoms with Crippen LogP contribution in [0.4, 0.5) is 0 Å². The van der Waals surface area contributed by atoms with Crippen molar-refractivity contribution in [3.63, 3.8) is 0 Å². The van der Waals surface area contributed by atoms with E-state index in [1.165, 1.54) is 0 Å². The molecule has 0 spiro atoms. The van der Waals surface area contributed by atoms with Crippen LogP contribution in [0.15, 0.2) is 6.07 Å². The predicted octanol–water partition coefficient (Wildman–Crippen LogP) is 1.36. The van der Waals surface area contributed by atoms with E-state index < -0.39 is 0 Å². The Balaban J connectivity index is 1.26. The molecule has 3 heterocycles. The Hall–Kier alpha value is -1.70. The SMILES string of the molecule is Cc1cc(C(=O)CN2CCN(CC(=O)NC3CC3)CC2)c(C)n1C[C@@H]1CCCO1. The summed E-state index contributed by atoms with van der Waals surface area (Å²) >= 11 is 0. The van der Waals surface area contributed by atoms with E-state index in [0.29, 0.717) is 19.1 Å². The maximum Gasteiger partial charge on any atom is 0.234 e. The summed E-state index contributed by atoms with van der Waals surface area (Å²) in [7, 11) is 0. The van der Waals surface area contributed by atoms with Gasteiger partial charge in [-0.3, -0.25) is 19.4 Å². The summed E-state index contributed by atoms with van der Waals surface area (Å²) < 4.78 is 8.01. The lowest BCUT2D eigenvalue weighted by Gasteiger charge is -2.33. The Morgan fingerprint density at radius 3 is 2.38 bits per heavy atom. The number of aromatic nitrogens is 1. The van der Waals surface area contributed by atoms with Gasteiger partial charge in [0.05, 0.1) is 19.2 Å². The second-order valence-corrected chi connectivity index (χ2v) is 8.85. The van der Waals surface area contributed by atoms with E-state index in [0.717, 1.165) is 82.0 Å². The molecule has 7 nitrogen and oxygen atoms in total. The number of ether oxygens (including phenoxy) is 1. The molecule has 1 aromatic rings. The second kappa shape index (κ2) is 8.98. The van der Waals surface area contributed by atoms with Gasteiger partial charge >= 0.3 is 0 Å². The lowest BCUT2D eigenvalue weighted by Crippen LogP contribution is -2.50. The van der Waals surface area contributed by atoms with Crippen molar-refractivity contribution in [1.29, 1.82) is 0 Å². The highest BCUT2D eigenvalue weighted by Gasteiger charge is 2.26. The highest BCUT2D eigenvalue weighted by molar-refractivity contribution is 5.99. The quantitative estimate of drug-likeness (QED) is 0.665. The van der Waals surface area contributed by atoms with E-state index in [4.69, 9.17) is 4.74 Å². The molecule has 4 rings (SSSR count). The van der Waals surface area contributed by atoms with Crippen LogP contribution in [0.25, 0.3) is 0 Å². The first-order chi connectivity index (χ1) is 14.0. The number of Topliss-reactive ketones (excluding diaryl/α,β-unsaturated/α-hetero) is 1. The fraction of sp³-hybridized carbons (Fsp3) is 0.727. The number of rotatable bonds is 8. The predicted molar refractivity (Wildman–Crippen MR) is 111 cm³/mol. The molecule has 1 amide bonds. The van der Waals surface area contributed by atoms with Gasteiger partial charge in [-0.2, -0.15) is 0 Å². The number of aryl methyl sites for hydroxylation is 1. The number of hydrogen-bond donors (Lipinski definition) is 1. The number of hydrogen-bond acceptors (Lipinski definition) is 5. The Kier molecular flexibility index (Phi) is 6.37. The molecule has 2 aliphatic heterocycles. The molecule has 1 saturated carbocycles. The summed E-state index contributed by atoms with van der Waals surface area (Å²) in [5.41, 5.74) is 3.03. The van der Waals surface area contributed by atoms with Gasteiger partial charge in [-0.1, -0.05) is 0 Å². The van der Waals surface area contributed by atoms with Crippen molar-refractivity contribution in [3.8, 4) is 0 Å². The second-order valence-electron chi connectivity index (χ2n) is 8.85. The number of carbonyl (C=O) groups excluding carboxylic acids is 2. The number of nitrogens with zero attached hydrogens (tertiary/aromatic N) is 3. The van der Waals surface area contributed by atoms with Crippen LogP contribution in [0.5, 0.6) is 0 Å². The van der Waals surface area contributed by atoms with Gasteiger partial charge < -0.3 is 14.6 Å². The summed E-state index contributed by atoms with van der Waals surface area (Å²) in [6.45, 7) is 10.1. The molecule has 3 fully saturated rings. The van der Waals surface area contributed by atoms with Crippen LogP contribution < -0.4 is 5.32 Å². The van der Waals surface area contributed by atoms with Crippen LogP contribution >= 0.6 is 0 Å². The smallest absolute Gasteiger partial charge is 0.234 e. The molecule has 1 aliphatic carbocycles. The van der Waals surface area contributed by atoms with Gasteiger partial charge in [-0.05, 0) is 45.6 Å². The van der Waals surface area contributed by atoms with Crippen molar-refractivity contribution in [1.82, 2.24) is 19.7 Å². The number of piperazine rings is 1. The Morgan fingerprint density at radius 2 is 1.76 bits per heavy atom. The number of ketones is 1. The summed E-state index contributed by atoms with van der Waals surface area (Å²) in [6, 6.07) is 2.45. The molecule has 2 saturated heterocycles. The summed E-state index contributed by atoms with van der Waals surface area (Å²) in [5.74, 6) is 0.326. The van der Waals surface area contributed by atoms with Crippen molar-refractivity contribution in [3.05, 3.63) is 23.0 Å². The van der Waals surface area contributed by atoms with Crippen LogP contribution in [0.3, 0.4) is 0 Å². The average molecular weight is 403 g/mol. The van der Waals surface area contributed by atoms with E-state index in [1.807, 2.05) is 13.0 Å². The largest absolute Gasteiger partial charge is 0.376 e. The summed E-state index contributed by atoms with van der Waals surface area (Å²) in [5, 5.41) is 3.05. The molecule has 1 atom stereocenters. The minimum absolute atomic E-state index is 0.135. The van der Waals surface area contributed by atoms with E-state index in [-0.39, 0.29) is 17.8 Å². The highest BCUT2D eigenvalue weighted by atomic mass is 16.5. The van der Waals surface area contributed by atoms with Gasteiger partial charge in [-0.25, -0.2) is 0 Å². The third-order valence-corrected chi connectivity index (χ3v) is 6.43. The Bertz CT molecular complexity index is 741. The number of amides is 1. The van der Waals surface area contributed by atoms with Crippen molar-refractivity contribution >= 4 is 11.7 Å². The van der Waals surface area contributed by atoms with Gasteiger partial charge in [0.2, 0.25) is 5.91 Å². The molecule has 0 bridgehead atoms. The van der Waals surface area contributed by atoms with Crippen molar-refractivity contribution in [2.75, 3.05) is 45.9 Å². The normalized spacial score (nSPS) is 23.4. The van der Waals surface area contributed by atoms with Gasteiger partial charge in [0.1, 0.15) is 0 Å². The molecular formula is C22H34N4O3. The topological polar surface area (TPSA) is 66.8 Å². The molecule has 0 aromatic carbocycles. The zero-order chi connectivity index (χ0) is 20.4. The van der Waals surface area contributed by atoms with Gasteiger partial charge in [-0.15, -0.1) is 0 Å². The molecule has 0 unspecified atom stereocenters. The fourth-order valence-corrected chi connectivity index (χ4v) is 4.45. The van der Waals surface area contributed by atoms with Gasteiger partial charge in [0.15, 0.2) is 5.78 Å². The average Bonchev–Trinajstić information content (AvgIpc) is 3.26. The maximum absolute atomic E-state index is 13.0. The van der Waals surface area contributed by atoms with Crippen LogP contribution in [-0.2, 0) is 16.1 Å². The molecule has 7 heteroatoms. The minimum atomic E-state index is 0.135. The van der Waals surface area contributed by atoms with Crippen LogP contribution in [0.1, 0.15) is 47.4 Å². The van der Waals surface area contributed by atoms with Gasteiger partial charge in [0, 0.05) is 62.3 Å². The van der Waals surface area contributed by atoms with Crippen molar-refractivity contribution in [2.45, 2.75) is 58.2 Å². The van der Waals surface area contributed by atoms with Crippen molar-refractivity contribution in [2.24, 2.45) is 0 Å². The van der Waals surface area contributed by atoms with Crippen LogP contribution in [0, 0.1) is 13.8 Å². The first-order valence-electron chi connectivity index (χ1n) is 11.0. The zero-order valence-corrected chi connectivity index (χ0v) is 17.8. The van der Waals surface area contributed by atoms with E-state index >= 15 is 0 Å². The Morgan fingerprint density at radius 1 is 1.07 bits per heavy atom. The van der Waals surface area contributed by atoms with E-state index in [2.05, 4.69) is 26.6 Å². The molecular weight excluding hydrogens is 368 g/mol. The summed E-state index contributed by atoms with van der Waals surface area (Å²) in [6.07, 6.45) is 4.74. The maximum atomic E-state index is 13.0. The molecule has 3 aliphatic rings. The zero-order valence-electron chi connectivity index (χ0n) is 17.8. The molecule has 1 aromatic heterocycles. The molecule has 1 N–H and O–H groups in total. The van der Waals surface area contributed by atoms with Crippen LogP contribution in [0.2, 0.25) is 0 Å². The number of nitrogens with one attached hydrogen (secondary N) is 1. The standard InChI is InChI=1S/C22H34N4O3/c1-16-12-20(17(2)26(16)13-19-4-3-11-29-19)21(27)14-24-7-9-25(10-8-24)15-22(28)23-18-5-6-18/h12,18-19H,3-11,13-15H2,1-2H3,(H,23,28)/t19-/m0/s1. The minimum Gasteiger partial charge on any atom is -0.376 e. The lowest BCUT2D eigenvalue weighted by atomic mass is 10.1. The van der Waals surface area contributed by atoms with Crippen molar-refractivity contribution < 1.29 is 14.3 Å². The van der Waals surface area contributed by atoms with Gasteiger partial charge in [0.25, 0.3) is 0 Å². The Labute approximate surface area is 173 Å². The summed E-state index contributed by atoms with van der Waals surface area (Å²) in [4.78, 5) is 29.3. The fourth-order valence-electron chi connectivity index (χ4n) is 4.45. The first-order valence-corrected chi connectivity index (χ1v) is 11.0. The lowest BCUT2D eigenvalue weighted by molar-refractivity contribution is -0.122. The van der Waals surface area contributed by atoms with Crippen LogP contribution in [-0.4, -0.2) is 84.1 Å². The monoisotopic (exact) mass is 402 g/mol. The molecule has 29 heavy (non-hydrogen) atoms. The first kappa shape index (κ1) is 20.6. The third-order valence-electron chi connectivity index (χ3n) is 6.43. The highest BCUT2D eigenvalue weighted by Crippen LogP contribution is 2.21. The molecule has 0 radical (unpaired) electrons. The number of carbonyl (C=O) groups is 2. The third kappa shape index (κ3) is 5.27.